The molecular formula is C11H16BrNO4S2. The van der Waals surface area contributed by atoms with E-state index < -0.39 is 16.0 Å². The van der Waals surface area contributed by atoms with E-state index in [-0.39, 0.29) is 17.9 Å². The van der Waals surface area contributed by atoms with Crippen LogP contribution in [0.4, 0.5) is 0 Å². The summed E-state index contributed by atoms with van der Waals surface area (Å²) in [5.41, 5.74) is 0. The monoisotopic (exact) mass is 369 g/mol. The van der Waals surface area contributed by atoms with Crippen LogP contribution in [0.25, 0.3) is 0 Å². The molecule has 5 nitrogen and oxygen atoms in total. The summed E-state index contributed by atoms with van der Waals surface area (Å²) < 4.78 is 31.5. The number of esters is 1. The van der Waals surface area contributed by atoms with Crippen molar-refractivity contribution >= 4 is 43.3 Å². The first kappa shape index (κ1) is 16.6. The molecule has 1 aromatic heterocycles. The summed E-state index contributed by atoms with van der Waals surface area (Å²) in [5, 5.41) is 0. The maximum atomic E-state index is 12.5. The maximum Gasteiger partial charge on any atom is 0.306 e. The lowest BCUT2D eigenvalue weighted by Crippen LogP contribution is -2.33. The van der Waals surface area contributed by atoms with Crippen molar-refractivity contribution in [1.82, 2.24) is 4.31 Å². The highest BCUT2D eigenvalue weighted by Gasteiger charge is 2.26. The van der Waals surface area contributed by atoms with Crippen LogP contribution in [0.1, 0.15) is 18.2 Å². The quantitative estimate of drug-likeness (QED) is 0.722. The third-order valence-corrected chi connectivity index (χ3v) is 6.39. The number of sulfonamides is 1. The van der Waals surface area contributed by atoms with Crippen LogP contribution in [0.15, 0.2) is 14.7 Å². The molecule has 0 aliphatic rings. The molecule has 0 saturated carbocycles. The minimum atomic E-state index is -3.56. The molecule has 0 unspecified atom stereocenters. The van der Waals surface area contributed by atoms with Gasteiger partial charge in [-0.05, 0) is 28.9 Å². The second-order valence-corrected chi connectivity index (χ2v) is 8.34. The number of carbonyl (C=O) groups is 1. The van der Waals surface area contributed by atoms with Gasteiger partial charge in [0.15, 0.2) is 0 Å². The number of ether oxygens (including phenoxy) is 1. The second kappa shape index (κ2) is 6.83. The Kier molecular flexibility index (Phi) is 5.97. The molecule has 108 valence electrons. The lowest BCUT2D eigenvalue weighted by Gasteiger charge is -2.19. The van der Waals surface area contributed by atoms with E-state index in [1.54, 1.807) is 19.9 Å². The largest absolute Gasteiger partial charge is 0.469 e. The molecule has 1 rings (SSSR count). The number of halogens is 1. The predicted molar refractivity (Wildman–Crippen MR) is 77.8 cm³/mol. The molecule has 0 atom stereocenters. The van der Waals surface area contributed by atoms with Gasteiger partial charge in [0.1, 0.15) is 0 Å². The van der Waals surface area contributed by atoms with Gasteiger partial charge in [-0.3, -0.25) is 4.79 Å². The van der Waals surface area contributed by atoms with E-state index in [2.05, 4.69) is 20.7 Å². The molecular weight excluding hydrogens is 354 g/mol. The maximum absolute atomic E-state index is 12.5. The Morgan fingerprint density at radius 1 is 1.53 bits per heavy atom. The molecule has 0 aliphatic heterocycles. The molecule has 0 radical (unpaired) electrons. The normalized spacial score (nSPS) is 11.8. The number of rotatable bonds is 6. The zero-order chi connectivity index (χ0) is 14.6. The molecule has 0 fully saturated rings. The van der Waals surface area contributed by atoms with Crippen molar-refractivity contribution in [2.75, 3.05) is 20.2 Å². The standard InChI is InChI=1S/C11H16BrNO4S2/c1-4-13(6-5-11(14)17-3)19(15,16)9-7-10(12)18-8(9)2/h7H,4-6H2,1-3H3. The van der Waals surface area contributed by atoms with Crippen LogP contribution in [0.3, 0.4) is 0 Å². The minimum absolute atomic E-state index is 0.0495. The fourth-order valence-corrected chi connectivity index (χ4v) is 5.43. The van der Waals surface area contributed by atoms with Crippen LogP contribution < -0.4 is 0 Å². The molecule has 1 heterocycles. The average molecular weight is 370 g/mol. The highest BCUT2D eigenvalue weighted by atomic mass is 79.9. The van der Waals surface area contributed by atoms with Crippen molar-refractivity contribution in [2.45, 2.75) is 25.2 Å². The Balaban J connectivity index is 2.96. The van der Waals surface area contributed by atoms with Crippen LogP contribution in [0.5, 0.6) is 0 Å². The molecule has 8 heteroatoms. The fraction of sp³-hybridized carbons (Fsp3) is 0.545. The van der Waals surface area contributed by atoms with E-state index in [4.69, 9.17) is 0 Å². The molecule has 0 bridgehead atoms. The Morgan fingerprint density at radius 3 is 2.58 bits per heavy atom. The summed E-state index contributed by atoms with van der Waals surface area (Å²) in [5.74, 6) is -0.420. The first-order chi connectivity index (χ1) is 8.82. The van der Waals surface area contributed by atoms with Gasteiger partial charge >= 0.3 is 5.97 Å². The van der Waals surface area contributed by atoms with Crippen molar-refractivity contribution in [3.8, 4) is 0 Å². The van der Waals surface area contributed by atoms with Crippen LogP contribution in [-0.2, 0) is 19.6 Å². The molecule has 0 N–H and O–H groups in total. The molecule has 0 aliphatic carbocycles. The van der Waals surface area contributed by atoms with Crippen molar-refractivity contribution in [2.24, 2.45) is 0 Å². The fourth-order valence-electron chi connectivity index (χ4n) is 1.59. The van der Waals surface area contributed by atoms with E-state index in [1.165, 1.54) is 22.8 Å². The van der Waals surface area contributed by atoms with Gasteiger partial charge in [-0.15, -0.1) is 11.3 Å². The Labute approximate surface area is 125 Å². The summed E-state index contributed by atoms with van der Waals surface area (Å²) in [4.78, 5) is 12.1. The first-order valence-electron chi connectivity index (χ1n) is 5.65. The van der Waals surface area contributed by atoms with Gasteiger partial charge < -0.3 is 4.74 Å². The number of nitrogens with zero attached hydrogens (tertiary/aromatic N) is 1. The Morgan fingerprint density at radius 2 is 2.16 bits per heavy atom. The van der Waals surface area contributed by atoms with Crippen molar-refractivity contribution in [3.63, 3.8) is 0 Å². The summed E-state index contributed by atoms with van der Waals surface area (Å²) in [7, 11) is -2.27. The van der Waals surface area contributed by atoms with Crippen LogP contribution >= 0.6 is 27.3 Å². The third-order valence-electron chi connectivity index (χ3n) is 2.61. The van der Waals surface area contributed by atoms with Gasteiger partial charge in [0.25, 0.3) is 0 Å². The van der Waals surface area contributed by atoms with E-state index in [0.29, 0.717) is 6.54 Å². The highest BCUT2D eigenvalue weighted by molar-refractivity contribution is 9.11. The number of aryl methyl sites for hydroxylation is 1. The predicted octanol–water partition coefficient (Wildman–Crippen LogP) is 2.39. The molecule has 1 aromatic rings. The molecule has 0 spiro atoms. The first-order valence-corrected chi connectivity index (χ1v) is 8.70. The Hall–Kier alpha value is -0.440. The van der Waals surface area contributed by atoms with Crippen molar-refractivity contribution in [3.05, 3.63) is 14.7 Å². The van der Waals surface area contributed by atoms with Crippen molar-refractivity contribution < 1.29 is 17.9 Å². The number of thiophene rings is 1. The van der Waals surface area contributed by atoms with Crippen molar-refractivity contribution in [1.29, 1.82) is 0 Å². The molecule has 19 heavy (non-hydrogen) atoms. The number of methoxy groups -OCH3 is 1. The zero-order valence-corrected chi connectivity index (χ0v) is 14.2. The van der Waals surface area contributed by atoms with Gasteiger partial charge in [-0.2, -0.15) is 4.31 Å². The van der Waals surface area contributed by atoms with E-state index >= 15 is 0 Å². The van der Waals surface area contributed by atoms with E-state index in [9.17, 15) is 13.2 Å². The summed E-state index contributed by atoms with van der Waals surface area (Å²) >= 11 is 4.65. The average Bonchev–Trinajstić information content (AvgIpc) is 2.69. The number of carbonyl (C=O) groups excluding carboxylic acids is 1. The molecule has 0 amide bonds. The van der Waals surface area contributed by atoms with Gasteiger partial charge in [0, 0.05) is 18.0 Å². The zero-order valence-electron chi connectivity index (χ0n) is 11.0. The topological polar surface area (TPSA) is 63.7 Å². The lowest BCUT2D eigenvalue weighted by molar-refractivity contribution is -0.140. The number of hydrogen-bond donors (Lipinski definition) is 0. The van der Waals surface area contributed by atoms with Gasteiger partial charge in [0.2, 0.25) is 10.0 Å². The van der Waals surface area contributed by atoms with Gasteiger partial charge in [-0.1, -0.05) is 6.92 Å². The molecule has 0 saturated heterocycles. The van der Waals surface area contributed by atoms with Gasteiger partial charge in [-0.25, -0.2) is 8.42 Å². The summed E-state index contributed by atoms with van der Waals surface area (Å²) in [6.45, 7) is 3.94. The summed E-state index contributed by atoms with van der Waals surface area (Å²) in [6, 6.07) is 1.59. The minimum Gasteiger partial charge on any atom is -0.469 e. The van der Waals surface area contributed by atoms with Crippen LogP contribution in [0, 0.1) is 6.92 Å². The Bertz CT molecular complexity index is 553. The van der Waals surface area contributed by atoms with Gasteiger partial charge in [0.05, 0.1) is 22.2 Å². The lowest BCUT2D eigenvalue weighted by atomic mass is 10.4. The van der Waals surface area contributed by atoms with E-state index in [0.717, 1.165) is 8.66 Å². The van der Waals surface area contributed by atoms with Crippen LogP contribution in [-0.4, -0.2) is 38.9 Å². The highest BCUT2D eigenvalue weighted by Crippen LogP contribution is 2.31. The van der Waals surface area contributed by atoms with E-state index in [1.807, 2.05) is 0 Å². The SMILES string of the molecule is CCN(CCC(=O)OC)S(=O)(=O)c1cc(Br)sc1C. The number of hydrogen-bond acceptors (Lipinski definition) is 5. The smallest absolute Gasteiger partial charge is 0.306 e. The van der Waals surface area contributed by atoms with Crippen LogP contribution in [0.2, 0.25) is 0 Å². The third kappa shape index (κ3) is 4.01. The molecule has 0 aromatic carbocycles. The summed E-state index contributed by atoms with van der Waals surface area (Å²) in [6.07, 6.45) is 0.0495. The second-order valence-electron chi connectivity index (χ2n) is 3.79.